The maximum atomic E-state index is 13.5. The second-order valence-electron chi connectivity index (χ2n) is 9.17. The Bertz CT molecular complexity index is 1260. The molecule has 1 saturated heterocycles. The fourth-order valence-corrected chi connectivity index (χ4v) is 4.66. The molecular formula is C29H33N3O5. The minimum atomic E-state index is -0.415. The quantitative estimate of drug-likeness (QED) is 0.457. The minimum absolute atomic E-state index is 0.0122. The number of methoxy groups -OCH3 is 3. The van der Waals surface area contributed by atoms with Crippen molar-refractivity contribution in [1.82, 2.24) is 4.90 Å². The number of hydrogen-bond donors (Lipinski definition) is 2. The van der Waals surface area contributed by atoms with Crippen molar-refractivity contribution in [3.05, 3.63) is 77.9 Å². The molecule has 194 valence electrons. The van der Waals surface area contributed by atoms with Crippen molar-refractivity contribution in [2.45, 2.75) is 19.3 Å². The van der Waals surface area contributed by atoms with Crippen LogP contribution >= 0.6 is 0 Å². The molecule has 0 bridgehead atoms. The number of nitrogens with zero attached hydrogens (tertiary/aromatic N) is 1. The Hall–Kier alpha value is -4.20. The lowest BCUT2D eigenvalue weighted by Gasteiger charge is -2.37. The zero-order valence-corrected chi connectivity index (χ0v) is 21.6. The Kier molecular flexibility index (Phi) is 8.18. The second kappa shape index (κ2) is 11.7. The summed E-state index contributed by atoms with van der Waals surface area (Å²) in [5.74, 6) is 1.22. The molecule has 3 amide bonds. The highest BCUT2D eigenvalue weighted by molar-refractivity contribution is 5.95. The van der Waals surface area contributed by atoms with Gasteiger partial charge in [0.1, 0.15) is 17.2 Å². The summed E-state index contributed by atoms with van der Waals surface area (Å²) >= 11 is 0. The molecular weight excluding hydrogens is 470 g/mol. The molecule has 3 aromatic rings. The van der Waals surface area contributed by atoms with Gasteiger partial charge in [-0.1, -0.05) is 35.9 Å². The predicted molar refractivity (Wildman–Crippen MR) is 144 cm³/mol. The minimum Gasteiger partial charge on any atom is -0.497 e. The maximum absolute atomic E-state index is 13.5. The molecule has 1 fully saturated rings. The van der Waals surface area contributed by atoms with E-state index in [0.717, 1.165) is 11.1 Å². The monoisotopic (exact) mass is 503 g/mol. The molecule has 1 heterocycles. The van der Waals surface area contributed by atoms with E-state index in [1.54, 1.807) is 50.5 Å². The molecule has 0 aliphatic carbocycles. The van der Waals surface area contributed by atoms with Gasteiger partial charge < -0.3 is 29.7 Å². The van der Waals surface area contributed by atoms with Crippen LogP contribution in [0.5, 0.6) is 17.2 Å². The molecule has 3 aromatic carbocycles. The van der Waals surface area contributed by atoms with E-state index >= 15 is 0 Å². The number of urea groups is 1. The Morgan fingerprint density at radius 3 is 2.32 bits per heavy atom. The molecule has 1 aliphatic heterocycles. The highest BCUT2D eigenvalue weighted by Crippen LogP contribution is 2.34. The number of hydrogen-bond acceptors (Lipinski definition) is 5. The Morgan fingerprint density at radius 1 is 0.838 bits per heavy atom. The van der Waals surface area contributed by atoms with E-state index < -0.39 is 5.92 Å². The lowest BCUT2D eigenvalue weighted by molar-refractivity contribution is -0.121. The van der Waals surface area contributed by atoms with E-state index in [9.17, 15) is 9.59 Å². The molecule has 8 nitrogen and oxygen atoms in total. The van der Waals surface area contributed by atoms with E-state index in [1.165, 1.54) is 0 Å². The number of anilines is 2. The van der Waals surface area contributed by atoms with E-state index in [1.807, 2.05) is 37.3 Å². The summed E-state index contributed by atoms with van der Waals surface area (Å²) in [6, 6.07) is 20.4. The first-order valence-electron chi connectivity index (χ1n) is 12.2. The molecule has 2 unspecified atom stereocenters. The fourth-order valence-electron chi connectivity index (χ4n) is 4.66. The average Bonchev–Trinajstić information content (AvgIpc) is 2.93. The standard InChI is InChI=1S/C29H33N3O5/c1-19-7-5-8-20(13-19)21-14-22(28(33)31-26-12-11-25(36-3)16-27(26)37-4)18-32(17-21)29(34)30-23-9-6-10-24(15-23)35-2/h5-13,15-16,21-22H,14,17-18H2,1-4H3,(H,30,34)(H,31,33). The Morgan fingerprint density at radius 2 is 1.59 bits per heavy atom. The third-order valence-corrected chi connectivity index (χ3v) is 6.61. The third-order valence-electron chi connectivity index (χ3n) is 6.61. The first-order chi connectivity index (χ1) is 17.9. The van der Waals surface area contributed by atoms with Crippen molar-refractivity contribution in [2.75, 3.05) is 45.1 Å². The smallest absolute Gasteiger partial charge is 0.321 e. The molecule has 0 radical (unpaired) electrons. The van der Waals surface area contributed by atoms with E-state index in [4.69, 9.17) is 14.2 Å². The van der Waals surface area contributed by atoms with Crippen LogP contribution in [0.15, 0.2) is 66.7 Å². The molecule has 4 rings (SSSR count). The van der Waals surface area contributed by atoms with Crippen molar-refractivity contribution < 1.29 is 23.8 Å². The molecule has 37 heavy (non-hydrogen) atoms. The van der Waals surface area contributed by atoms with Crippen LogP contribution in [-0.4, -0.2) is 51.3 Å². The highest BCUT2D eigenvalue weighted by atomic mass is 16.5. The van der Waals surface area contributed by atoms with Crippen molar-refractivity contribution in [3.63, 3.8) is 0 Å². The van der Waals surface area contributed by atoms with Gasteiger partial charge in [0.2, 0.25) is 5.91 Å². The summed E-state index contributed by atoms with van der Waals surface area (Å²) in [4.78, 5) is 28.5. The number of rotatable bonds is 7. The lowest BCUT2D eigenvalue weighted by Crippen LogP contribution is -2.48. The summed E-state index contributed by atoms with van der Waals surface area (Å²) in [6.07, 6.45) is 0.622. The Balaban J connectivity index is 1.56. The molecule has 2 atom stereocenters. The number of nitrogens with one attached hydrogen (secondary N) is 2. The number of carbonyl (C=O) groups is 2. The van der Waals surface area contributed by atoms with Crippen LogP contribution in [0.3, 0.4) is 0 Å². The molecule has 1 aliphatic rings. The predicted octanol–water partition coefficient (Wildman–Crippen LogP) is 5.30. The molecule has 2 N–H and O–H groups in total. The molecule has 0 spiro atoms. The third kappa shape index (κ3) is 6.33. The van der Waals surface area contributed by atoms with Crippen LogP contribution in [0, 0.1) is 12.8 Å². The van der Waals surface area contributed by atoms with Crippen LogP contribution in [0.4, 0.5) is 16.2 Å². The first-order valence-corrected chi connectivity index (χ1v) is 12.2. The van der Waals surface area contributed by atoms with Gasteiger partial charge in [0.05, 0.1) is 32.9 Å². The topological polar surface area (TPSA) is 89.1 Å². The number of aryl methyl sites for hydroxylation is 1. The number of amides is 3. The van der Waals surface area contributed by atoms with Crippen LogP contribution in [0.1, 0.15) is 23.5 Å². The van der Waals surface area contributed by atoms with Crippen LogP contribution < -0.4 is 24.8 Å². The zero-order valence-electron chi connectivity index (χ0n) is 21.6. The highest BCUT2D eigenvalue weighted by Gasteiger charge is 2.35. The van der Waals surface area contributed by atoms with Gasteiger partial charge in [0.15, 0.2) is 0 Å². The van der Waals surface area contributed by atoms with E-state index in [2.05, 4.69) is 22.8 Å². The SMILES string of the molecule is COc1cccc(NC(=O)N2CC(C(=O)Nc3ccc(OC)cc3OC)CC(c3cccc(C)c3)C2)c1. The number of benzene rings is 3. The van der Waals surface area contributed by atoms with Gasteiger partial charge in [0.25, 0.3) is 0 Å². The van der Waals surface area contributed by atoms with Crippen LogP contribution in [-0.2, 0) is 4.79 Å². The lowest BCUT2D eigenvalue weighted by atomic mass is 9.83. The van der Waals surface area contributed by atoms with Gasteiger partial charge in [-0.2, -0.15) is 0 Å². The average molecular weight is 504 g/mol. The fraction of sp³-hybridized carbons (Fsp3) is 0.310. The largest absolute Gasteiger partial charge is 0.497 e. The van der Waals surface area contributed by atoms with Crippen molar-refractivity contribution in [2.24, 2.45) is 5.92 Å². The summed E-state index contributed by atoms with van der Waals surface area (Å²) in [5.41, 5.74) is 3.43. The van der Waals surface area contributed by atoms with Crippen molar-refractivity contribution in [3.8, 4) is 17.2 Å². The summed E-state index contributed by atoms with van der Waals surface area (Å²) in [5, 5.41) is 5.95. The molecule has 0 saturated carbocycles. The normalized spacial score (nSPS) is 17.0. The number of ether oxygens (including phenoxy) is 3. The summed E-state index contributed by atoms with van der Waals surface area (Å²) in [7, 11) is 4.70. The van der Waals surface area contributed by atoms with Gasteiger partial charge in [-0.25, -0.2) is 4.79 Å². The van der Waals surface area contributed by atoms with Crippen LogP contribution in [0.2, 0.25) is 0 Å². The van der Waals surface area contributed by atoms with Crippen molar-refractivity contribution >= 4 is 23.3 Å². The maximum Gasteiger partial charge on any atom is 0.321 e. The Labute approximate surface area is 217 Å². The molecule has 0 aromatic heterocycles. The van der Waals surface area contributed by atoms with Gasteiger partial charge in [-0.05, 0) is 43.2 Å². The zero-order chi connectivity index (χ0) is 26.4. The number of likely N-dealkylation sites (tertiary alicyclic amines) is 1. The van der Waals surface area contributed by atoms with E-state index in [-0.39, 0.29) is 17.9 Å². The number of piperidine rings is 1. The summed E-state index contributed by atoms with van der Waals surface area (Å²) < 4.78 is 16.0. The van der Waals surface area contributed by atoms with Gasteiger partial charge in [-0.3, -0.25) is 4.79 Å². The first kappa shape index (κ1) is 25.9. The van der Waals surface area contributed by atoms with Gasteiger partial charge in [0, 0.05) is 36.8 Å². The van der Waals surface area contributed by atoms with E-state index in [0.29, 0.717) is 48.1 Å². The van der Waals surface area contributed by atoms with Gasteiger partial charge >= 0.3 is 6.03 Å². The summed E-state index contributed by atoms with van der Waals surface area (Å²) in [6.45, 7) is 2.84. The molecule has 8 heteroatoms. The second-order valence-corrected chi connectivity index (χ2v) is 9.17. The number of carbonyl (C=O) groups excluding carboxylic acids is 2. The van der Waals surface area contributed by atoms with Gasteiger partial charge in [-0.15, -0.1) is 0 Å². The van der Waals surface area contributed by atoms with Crippen molar-refractivity contribution in [1.29, 1.82) is 0 Å². The van der Waals surface area contributed by atoms with Crippen LogP contribution in [0.25, 0.3) is 0 Å².